The summed E-state index contributed by atoms with van der Waals surface area (Å²) < 4.78 is 5.41. The molecule has 0 aromatic heterocycles. The number of hydrogen-bond donors (Lipinski definition) is 2. The van der Waals surface area contributed by atoms with E-state index in [0.29, 0.717) is 12.5 Å². The molecule has 1 atom stereocenters. The van der Waals surface area contributed by atoms with Gasteiger partial charge in [0, 0.05) is 38.8 Å². The Morgan fingerprint density at radius 2 is 1.89 bits per heavy atom. The summed E-state index contributed by atoms with van der Waals surface area (Å²) in [6, 6.07) is 18.8. The second kappa shape index (κ2) is 10.7. The molecule has 150 valence electrons. The highest BCUT2D eigenvalue weighted by molar-refractivity contribution is 5.79. The number of hydrogen-bond acceptors (Lipinski definition) is 3. The van der Waals surface area contributed by atoms with Gasteiger partial charge < -0.3 is 20.3 Å². The highest BCUT2D eigenvalue weighted by atomic mass is 16.5. The SMILES string of the molecule is CN=C(NCc1ccccc1OC)NCC1CCN(CCc2ccccc2)C1. The molecule has 0 saturated carbocycles. The standard InChI is InChI=1S/C23H32N4O/c1-24-23(26-17-21-10-6-7-11-22(21)28-2)25-16-20-13-15-27(18-20)14-12-19-8-4-3-5-9-19/h3-11,20H,12-18H2,1-2H3,(H2,24,25,26). The summed E-state index contributed by atoms with van der Waals surface area (Å²) in [5.41, 5.74) is 2.55. The minimum atomic E-state index is 0.667. The van der Waals surface area contributed by atoms with E-state index < -0.39 is 0 Å². The highest BCUT2D eigenvalue weighted by Crippen LogP contribution is 2.17. The van der Waals surface area contributed by atoms with Crippen LogP contribution in [0.15, 0.2) is 59.6 Å². The Balaban J connectivity index is 1.38. The maximum Gasteiger partial charge on any atom is 0.191 e. The van der Waals surface area contributed by atoms with Gasteiger partial charge in [-0.2, -0.15) is 0 Å². The third-order valence-electron chi connectivity index (χ3n) is 5.35. The Hall–Kier alpha value is -2.53. The third kappa shape index (κ3) is 5.99. The first kappa shape index (κ1) is 20.2. The topological polar surface area (TPSA) is 48.9 Å². The van der Waals surface area contributed by atoms with Gasteiger partial charge in [0.2, 0.25) is 0 Å². The van der Waals surface area contributed by atoms with Crippen LogP contribution in [0, 0.1) is 5.92 Å². The molecule has 5 heteroatoms. The first-order valence-electron chi connectivity index (χ1n) is 10.1. The molecular weight excluding hydrogens is 348 g/mol. The first-order chi connectivity index (χ1) is 13.8. The predicted octanol–water partition coefficient (Wildman–Crippen LogP) is 2.92. The van der Waals surface area contributed by atoms with Crippen molar-refractivity contribution in [2.45, 2.75) is 19.4 Å². The number of likely N-dealkylation sites (tertiary alicyclic amines) is 1. The normalized spacial score (nSPS) is 17.5. The lowest BCUT2D eigenvalue weighted by Gasteiger charge is -2.18. The van der Waals surface area contributed by atoms with Gasteiger partial charge in [0.25, 0.3) is 0 Å². The molecule has 2 aromatic rings. The van der Waals surface area contributed by atoms with Crippen LogP contribution in [-0.2, 0) is 13.0 Å². The number of para-hydroxylation sites is 1. The Labute approximate surface area is 168 Å². The smallest absolute Gasteiger partial charge is 0.191 e. The van der Waals surface area contributed by atoms with Gasteiger partial charge >= 0.3 is 0 Å². The van der Waals surface area contributed by atoms with Crippen molar-refractivity contribution in [1.29, 1.82) is 0 Å². The average Bonchev–Trinajstić information content (AvgIpc) is 3.21. The van der Waals surface area contributed by atoms with Gasteiger partial charge in [0.15, 0.2) is 5.96 Å². The monoisotopic (exact) mass is 380 g/mol. The average molecular weight is 381 g/mol. The van der Waals surface area contributed by atoms with Crippen molar-refractivity contribution < 1.29 is 4.74 Å². The third-order valence-corrected chi connectivity index (χ3v) is 5.35. The summed E-state index contributed by atoms with van der Waals surface area (Å²) in [5, 5.41) is 6.87. The molecule has 1 unspecified atom stereocenters. The zero-order valence-electron chi connectivity index (χ0n) is 17.0. The van der Waals surface area contributed by atoms with Gasteiger partial charge in [-0.05, 0) is 36.9 Å². The van der Waals surface area contributed by atoms with Crippen LogP contribution < -0.4 is 15.4 Å². The molecule has 5 nitrogen and oxygen atoms in total. The summed E-state index contributed by atoms with van der Waals surface area (Å²) >= 11 is 0. The van der Waals surface area contributed by atoms with Crippen molar-refractivity contribution in [2.75, 3.05) is 40.3 Å². The maximum atomic E-state index is 5.41. The number of methoxy groups -OCH3 is 1. The number of aliphatic imine (C=N–C) groups is 1. The molecule has 0 aliphatic carbocycles. The minimum Gasteiger partial charge on any atom is -0.496 e. The van der Waals surface area contributed by atoms with Crippen molar-refractivity contribution in [3.8, 4) is 5.75 Å². The first-order valence-corrected chi connectivity index (χ1v) is 10.1. The van der Waals surface area contributed by atoms with Crippen LogP contribution in [0.4, 0.5) is 0 Å². The summed E-state index contributed by atoms with van der Waals surface area (Å²) in [6.45, 7) is 5.13. The number of ether oxygens (including phenoxy) is 1. The maximum absolute atomic E-state index is 5.41. The van der Waals surface area contributed by atoms with Crippen molar-refractivity contribution in [3.05, 3.63) is 65.7 Å². The van der Waals surface area contributed by atoms with E-state index in [0.717, 1.165) is 43.3 Å². The van der Waals surface area contributed by atoms with E-state index in [1.165, 1.54) is 18.5 Å². The Kier molecular flexibility index (Phi) is 7.73. The molecule has 28 heavy (non-hydrogen) atoms. The number of rotatable bonds is 8. The van der Waals surface area contributed by atoms with Crippen LogP contribution in [0.2, 0.25) is 0 Å². The number of benzene rings is 2. The molecule has 2 N–H and O–H groups in total. The van der Waals surface area contributed by atoms with E-state index in [2.05, 4.69) is 56.9 Å². The number of nitrogens with zero attached hydrogens (tertiary/aromatic N) is 2. The summed E-state index contributed by atoms with van der Waals surface area (Å²) in [5.74, 6) is 2.41. The fourth-order valence-corrected chi connectivity index (χ4v) is 3.70. The molecule has 0 bridgehead atoms. The second-order valence-electron chi connectivity index (χ2n) is 7.31. The van der Waals surface area contributed by atoms with E-state index in [4.69, 9.17) is 4.74 Å². The van der Waals surface area contributed by atoms with E-state index in [1.54, 1.807) is 7.11 Å². The van der Waals surface area contributed by atoms with Crippen molar-refractivity contribution >= 4 is 5.96 Å². The van der Waals surface area contributed by atoms with Gasteiger partial charge in [-0.3, -0.25) is 4.99 Å². The molecule has 1 aliphatic heterocycles. The molecule has 0 amide bonds. The molecule has 1 aliphatic rings. The Bertz CT molecular complexity index is 747. The van der Waals surface area contributed by atoms with Crippen LogP contribution in [0.3, 0.4) is 0 Å². The molecule has 2 aromatic carbocycles. The molecule has 3 rings (SSSR count). The van der Waals surface area contributed by atoms with Crippen LogP contribution in [0.5, 0.6) is 5.75 Å². The minimum absolute atomic E-state index is 0.667. The van der Waals surface area contributed by atoms with Crippen molar-refractivity contribution in [2.24, 2.45) is 10.9 Å². The van der Waals surface area contributed by atoms with Gasteiger partial charge in [-0.1, -0.05) is 48.5 Å². The number of nitrogens with one attached hydrogen (secondary N) is 2. The fraction of sp³-hybridized carbons (Fsp3) is 0.435. The van der Waals surface area contributed by atoms with Gasteiger partial charge in [-0.25, -0.2) is 0 Å². The predicted molar refractivity (Wildman–Crippen MR) is 116 cm³/mol. The molecule has 1 fully saturated rings. The van der Waals surface area contributed by atoms with E-state index in [-0.39, 0.29) is 0 Å². The van der Waals surface area contributed by atoms with Crippen LogP contribution in [0.25, 0.3) is 0 Å². The van der Waals surface area contributed by atoms with E-state index in [1.807, 2.05) is 25.2 Å². The lowest BCUT2D eigenvalue weighted by Crippen LogP contribution is -2.40. The summed E-state index contributed by atoms with van der Waals surface area (Å²) in [6.07, 6.45) is 2.37. The quantitative estimate of drug-likeness (QED) is 0.546. The van der Waals surface area contributed by atoms with Gasteiger partial charge in [0.1, 0.15) is 5.75 Å². The molecule has 0 spiro atoms. The zero-order chi connectivity index (χ0) is 19.6. The van der Waals surface area contributed by atoms with Crippen molar-refractivity contribution in [3.63, 3.8) is 0 Å². The molecule has 0 radical (unpaired) electrons. The van der Waals surface area contributed by atoms with Crippen molar-refractivity contribution in [1.82, 2.24) is 15.5 Å². The van der Waals surface area contributed by atoms with Gasteiger partial charge in [0.05, 0.1) is 7.11 Å². The largest absolute Gasteiger partial charge is 0.496 e. The van der Waals surface area contributed by atoms with Crippen LogP contribution in [0.1, 0.15) is 17.5 Å². The summed E-state index contributed by atoms with van der Waals surface area (Å²) in [7, 11) is 3.52. The molecule has 1 heterocycles. The number of guanidine groups is 1. The second-order valence-corrected chi connectivity index (χ2v) is 7.31. The van der Waals surface area contributed by atoms with Crippen LogP contribution >= 0.6 is 0 Å². The Morgan fingerprint density at radius 3 is 2.68 bits per heavy atom. The highest BCUT2D eigenvalue weighted by Gasteiger charge is 2.22. The Morgan fingerprint density at radius 1 is 1.11 bits per heavy atom. The molecular formula is C23H32N4O. The lowest BCUT2D eigenvalue weighted by molar-refractivity contribution is 0.328. The lowest BCUT2D eigenvalue weighted by atomic mass is 10.1. The van der Waals surface area contributed by atoms with Gasteiger partial charge in [-0.15, -0.1) is 0 Å². The van der Waals surface area contributed by atoms with E-state index >= 15 is 0 Å². The van der Waals surface area contributed by atoms with E-state index in [9.17, 15) is 0 Å². The van der Waals surface area contributed by atoms with Crippen LogP contribution in [-0.4, -0.2) is 51.2 Å². The summed E-state index contributed by atoms with van der Waals surface area (Å²) in [4.78, 5) is 6.93. The molecule has 1 saturated heterocycles. The fourth-order valence-electron chi connectivity index (χ4n) is 3.70. The zero-order valence-corrected chi connectivity index (χ0v) is 17.0.